The molecule has 1 unspecified atom stereocenters. The molecule has 0 aliphatic carbocycles. The number of aromatic amines is 1. The third kappa shape index (κ3) is 6.06. The lowest BCUT2D eigenvalue weighted by Gasteiger charge is -2.33. The van der Waals surface area contributed by atoms with Gasteiger partial charge in [0.2, 0.25) is 0 Å². The number of hydrogen-bond acceptors (Lipinski definition) is 6. The third-order valence-corrected chi connectivity index (χ3v) is 6.67. The molecule has 0 bridgehead atoms. The smallest absolute Gasteiger partial charge is 0.252 e. The maximum atomic E-state index is 13.0. The van der Waals surface area contributed by atoms with Crippen molar-refractivity contribution in [3.05, 3.63) is 87.5 Å². The van der Waals surface area contributed by atoms with Crippen LogP contribution in [0.1, 0.15) is 55.7 Å². The van der Waals surface area contributed by atoms with Crippen LogP contribution in [-0.2, 0) is 25.9 Å². The molecular formula is C28H36N6O2. The SMILES string of the molecule is CCc1ccc2[nH]c(=O)c(CN(CCCO)C(c3nnnn3CCc3ccccc3)C(C)C)cc2c1. The van der Waals surface area contributed by atoms with E-state index in [1.54, 1.807) is 0 Å². The molecule has 0 aliphatic rings. The van der Waals surface area contributed by atoms with Gasteiger partial charge in [-0.15, -0.1) is 5.10 Å². The highest BCUT2D eigenvalue weighted by Gasteiger charge is 2.29. The largest absolute Gasteiger partial charge is 0.396 e. The number of hydrogen-bond donors (Lipinski definition) is 2. The van der Waals surface area contributed by atoms with Gasteiger partial charge in [0.05, 0.1) is 6.04 Å². The highest BCUT2D eigenvalue weighted by Crippen LogP contribution is 2.29. The average Bonchev–Trinajstić information content (AvgIpc) is 3.34. The summed E-state index contributed by atoms with van der Waals surface area (Å²) in [7, 11) is 0. The van der Waals surface area contributed by atoms with E-state index in [1.165, 1.54) is 11.1 Å². The van der Waals surface area contributed by atoms with E-state index in [-0.39, 0.29) is 24.1 Å². The van der Waals surface area contributed by atoms with Gasteiger partial charge in [-0.2, -0.15) is 0 Å². The van der Waals surface area contributed by atoms with Crippen LogP contribution in [0, 0.1) is 5.92 Å². The standard InChI is InChI=1S/C28H36N6O2/c1-4-21-11-12-25-23(17-21)18-24(28(36)29-25)19-33(14-8-16-35)26(20(2)3)27-30-31-32-34(27)15-13-22-9-6-5-7-10-22/h5-7,9-12,17-18,20,26,35H,4,8,13-16,19H2,1-3H3,(H,29,36). The summed E-state index contributed by atoms with van der Waals surface area (Å²) in [5.74, 6) is 0.973. The molecule has 0 fully saturated rings. The highest BCUT2D eigenvalue weighted by molar-refractivity contribution is 5.79. The van der Waals surface area contributed by atoms with Crippen LogP contribution in [-0.4, -0.2) is 48.3 Å². The van der Waals surface area contributed by atoms with Crippen molar-refractivity contribution in [2.75, 3.05) is 13.2 Å². The summed E-state index contributed by atoms with van der Waals surface area (Å²) < 4.78 is 1.88. The first-order valence-corrected chi connectivity index (χ1v) is 12.8. The van der Waals surface area contributed by atoms with E-state index in [2.05, 4.69) is 70.4 Å². The number of rotatable bonds is 12. The van der Waals surface area contributed by atoms with Crippen LogP contribution in [0.25, 0.3) is 10.9 Å². The summed E-state index contributed by atoms with van der Waals surface area (Å²) in [5, 5.41) is 23.4. The van der Waals surface area contributed by atoms with E-state index in [0.29, 0.717) is 31.6 Å². The van der Waals surface area contributed by atoms with Crippen LogP contribution in [0.3, 0.4) is 0 Å². The van der Waals surface area contributed by atoms with Crippen molar-refractivity contribution in [1.29, 1.82) is 0 Å². The number of tetrazole rings is 1. The maximum absolute atomic E-state index is 13.0. The second-order valence-corrected chi connectivity index (χ2v) is 9.63. The van der Waals surface area contributed by atoms with Crippen molar-refractivity contribution in [2.45, 2.75) is 59.2 Å². The molecule has 2 aromatic heterocycles. The van der Waals surface area contributed by atoms with Gasteiger partial charge in [0.25, 0.3) is 5.56 Å². The van der Waals surface area contributed by atoms with E-state index in [0.717, 1.165) is 29.6 Å². The minimum atomic E-state index is -0.112. The van der Waals surface area contributed by atoms with Crippen LogP contribution >= 0.6 is 0 Å². The number of aromatic nitrogens is 5. The number of nitrogens with one attached hydrogen (secondary N) is 1. The van der Waals surface area contributed by atoms with Gasteiger partial charge in [-0.25, -0.2) is 4.68 Å². The van der Waals surface area contributed by atoms with E-state index in [1.807, 2.05) is 35.0 Å². The number of H-pyrrole nitrogens is 1. The Labute approximate surface area is 212 Å². The van der Waals surface area contributed by atoms with Gasteiger partial charge in [-0.3, -0.25) is 9.69 Å². The van der Waals surface area contributed by atoms with Crippen LogP contribution in [0.5, 0.6) is 0 Å². The number of aryl methyl sites for hydroxylation is 3. The van der Waals surface area contributed by atoms with Crippen LogP contribution < -0.4 is 5.56 Å². The van der Waals surface area contributed by atoms with Gasteiger partial charge in [0.1, 0.15) is 0 Å². The van der Waals surface area contributed by atoms with Gasteiger partial charge in [0.15, 0.2) is 5.82 Å². The summed E-state index contributed by atoms with van der Waals surface area (Å²) in [5.41, 5.74) is 3.91. The molecule has 0 spiro atoms. The number of benzene rings is 2. The molecule has 4 rings (SSSR count). The first-order chi connectivity index (χ1) is 17.5. The normalized spacial score (nSPS) is 12.6. The molecule has 0 amide bonds. The summed E-state index contributed by atoms with van der Waals surface area (Å²) in [6.07, 6.45) is 2.36. The minimum absolute atomic E-state index is 0.0776. The van der Waals surface area contributed by atoms with Crippen LogP contribution in [0.15, 0.2) is 59.4 Å². The minimum Gasteiger partial charge on any atom is -0.396 e. The summed E-state index contributed by atoms with van der Waals surface area (Å²) in [6.45, 7) is 8.22. The zero-order valence-corrected chi connectivity index (χ0v) is 21.4. The highest BCUT2D eigenvalue weighted by atomic mass is 16.3. The molecule has 0 saturated heterocycles. The molecule has 8 heteroatoms. The van der Waals surface area contributed by atoms with Crippen LogP contribution in [0.2, 0.25) is 0 Å². The Hall–Kier alpha value is -3.36. The monoisotopic (exact) mass is 488 g/mol. The number of pyridine rings is 1. The second-order valence-electron chi connectivity index (χ2n) is 9.63. The maximum Gasteiger partial charge on any atom is 0.252 e. The van der Waals surface area contributed by atoms with Gasteiger partial charge in [-0.05, 0) is 70.3 Å². The molecule has 8 nitrogen and oxygen atoms in total. The second kappa shape index (κ2) is 12.1. The van der Waals surface area contributed by atoms with E-state index in [9.17, 15) is 9.90 Å². The zero-order valence-electron chi connectivity index (χ0n) is 21.4. The predicted molar refractivity (Wildman–Crippen MR) is 142 cm³/mol. The molecule has 0 radical (unpaired) electrons. The third-order valence-electron chi connectivity index (χ3n) is 6.67. The molecule has 2 aromatic carbocycles. The van der Waals surface area contributed by atoms with Crippen molar-refractivity contribution in [1.82, 2.24) is 30.1 Å². The molecule has 190 valence electrons. The molecule has 0 aliphatic heterocycles. The Bertz CT molecular complexity index is 1310. The molecule has 0 saturated carbocycles. The fraction of sp³-hybridized carbons (Fsp3) is 0.429. The molecule has 2 heterocycles. The number of aliphatic hydroxyl groups excluding tert-OH is 1. The Kier molecular flexibility index (Phi) is 8.61. The fourth-order valence-electron chi connectivity index (χ4n) is 4.79. The Morgan fingerprint density at radius 3 is 2.61 bits per heavy atom. The van der Waals surface area contributed by atoms with E-state index >= 15 is 0 Å². The summed E-state index contributed by atoms with van der Waals surface area (Å²) in [6, 6.07) is 18.3. The first-order valence-electron chi connectivity index (χ1n) is 12.8. The van der Waals surface area contributed by atoms with Gasteiger partial charge in [-0.1, -0.05) is 57.2 Å². The Balaban J connectivity index is 1.65. The van der Waals surface area contributed by atoms with Crippen molar-refractivity contribution in [3.8, 4) is 0 Å². The van der Waals surface area contributed by atoms with Crippen molar-refractivity contribution < 1.29 is 5.11 Å². The average molecular weight is 489 g/mol. The lowest BCUT2D eigenvalue weighted by Crippen LogP contribution is -2.36. The number of nitrogens with zero attached hydrogens (tertiary/aromatic N) is 5. The zero-order chi connectivity index (χ0) is 25.5. The molecule has 4 aromatic rings. The van der Waals surface area contributed by atoms with Gasteiger partial charge in [0, 0.05) is 37.3 Å². The van der Waals surface area contributed by atoms with Gasteiger partial charge < -0.3 is 10.1 Å². The summed E-state index contributed by atoms with van der Waals surface area (Å²) >= 11 is 0. The molecule has 1 atom stereocenters. The Morgan fingerprint density at radius 1 is 1.08 bits per heavy atom. The van der Waals surface area contributed by atoms with Gasteiger partial charge >= 0.3 is 0 Å². The quantitative estimate of drug-likeness (QED) is 0.314. The summed E-state index contributed by atoms with van der Waals surface area (Å²) in [4.78, 5) is 18.3. The molecule has 36 heavy (non-hydrogen) atoms. The van der Waals surface area contributed by atoms with Crippen molar-refractivity contribution in [3.63, 3.8) is 0 Å². The first kappa shape index (κ1) is 25.7. The molecular weight excluding hydrogens is 452 g/mol. The molecule has 2 N–H and O–H groups in total. The van der Waals surface area contributed by atoms with Crippen LogP contribution in [0.4, 0.5) is 0 Å². The number of fused-ring (bicyclic) bond motifs is 1. The fourth-order valence-corrected chi connectivity index (χ4v) is 4.79. The van der Waals surface area contributed by atoms with E-state index in [4.69, 9.17) is 0 Å². The van der Waals surface area contributed by atoms with E-state index < -0.39 is 0 Å². The van der Waals surface area contributed by atoms with Crippen molar-refractivity contribution >= 4 is 10.9 Å². The Morgan fingerprint density at radius 2 is 1.89 bits per heavy atom. The lowest BCUT2D eigenvalue weighted by atomic mass is 9.99. The predicted octanol–water partition coefficient (Wildman–Crippen LogP) is 3.90. The van der Waals surface area contributed by atoms with Crippen molar-refractivity contribution in [2.24, 2.45) is 5.92 Å². The topological polar surface area (TPSA) is 99.9 Å². The lowest BCUT2D eigenvalue weighted by molar-refractivity contribution is 0.122. The number of aliphatic hydroxyl groups is 1.